The summed E-state index contributed by atoms with van der Waals surface area (Å²) in [6.45, 7) is 3.52. The molecule has 1 aromatic carbocycles. The highest BCUT2D eigenvalue weighted by Gasteiger charge is 2.33. The molecule has 31 heavy (non-hydrogen) atoms. The Morgan fingerprint density at radius 2 is 2.06 bits per heavy atom. The minimum Gasteiger partial charge on any atom is -0.457 e. The highest BCUT2D eigenvalue weighted by Crippen LogP contribution is 2.32. The number of fused-ring (bicyclic) bond motifs is 3. The van der Waals surface area contributed by atoms with Crippen LogP contribution in [0.15, 0.2) is 36.5 Å². The molecule has 0 aliphatic heterocycles. The minimum atomic E-state index is -0.444. The normalized spacial score (nSPS) is 20.6. The molecule has 0 radical (unpaired) electrons. The van der Waals surface area contributed by atoms with Crippen LogP contribution in [0, 0.1) is 0 Å². The Hall–Kier alpha value is -2.79. The molecule has 2 aliphatic rings. The highest BCUT2D eigenvalue weighted by molar-refractivity contribution is 6.09. The number of aromatic nitrogens is 1. The maximum Gasteiger partial charge on any atom is 0.303 e. The highest BCUT2D eigenvalue weighted by atomic mass is 16.5. The van der Waals surface area contributed by atoms with Crippen molar-refractivity contribution in [3.63, 3.8) is 0 Å². The van der Waals surface area contributed by atoms with Crippen molar-refractivity contribution in [3.8, 4) is 0 Å². The van der Waals surface area contributed by atoms with E-state index < -0.39 is 6.10 Å². The van der Waals surface area contributed by atoms with E-state index in [-0.39, 0.29) is 24.0 Å². The molecule has 3 unspecified atom stereocenters. The zero-order chi connectivity index (χ0) is 21.8. The molecular weight excluding hydrogens is 390 g/mol. The van der Waals surface area contributed by atoms with Crippen molar-refractivity contribution in [3.05, 3.63) is 63.8 Å². The Bertz CT molecular complexity index is 1080. The SMILES string of the molecule is CC(=O)OC1CC(OC(C)CCCc2ccccc2)Cc2ncc3c(c21)=CC(=O)CC=3. The third kappa shape index (κ3) is 5.28. The van der Waals surface area contributed by atoms with Gasteiger partial charge in [0.1, 0.15) is 6.10 Å². The van der Waals surface area contributed by atoms with Gasteiger partial charge < -0.3 is 9.47 Å². The predicted molar refractivity (Wildman–Crippen MR) is 119 cm³/mol. The monoisotopic (exact) mass is 419 g/mol. The lowest BCUT2D eigenvalue weighted by atomic mass is 9.87. The van der Waals surface area contributed by atoms with E-state index in [1.807, 2.05) is 18.3 Å². The van der Waals surface area contributed by atoms with E-state index in [1.165, 1.54) is 12.5 Å². The third-order valence-corrected chi connectivity index (χ3v) is 5.97. The van der Waals surface area contributed by atoms with Crippen LogP contribution in [0.5, 0.6) is 0 Å². The molecule has 1 heterocycles. The summed E-state index contributed by atoms with van der Waals surface area (Å²) in [6, 6.07) is 10.5. The first-order valence-corrected chi connectivity index (χ1v) is 11.1. The van der Waals surface area contributed by atoms with E-state index in [9.17, 15) is 9.59 Å². The molecule has 5 nitrogen and oxygen atoms in total. The molecule has 5 heteroatoms. The van der Waals surface area contributed by atoms with Gasteiger partial charge >= 0.3 is 5.97 Å². The molecule has 162 valence electrons. The Kier molecular flexibility index (Phi) is 6.62. The number of benzene rings is 1. The van der Waals surface area contributed by atoms with Crippen LogP contribution in [0.2, 0.25) is 0 Å². The summed E-state index contributed by atoms with van der Waals surface area (Å²) in [4.78, 5) is 28.4. The van der Waals surface area contributed by atoms with Crippen LogP contribution >= 0.6 is 0 Å². The van der Waals surface area contributed by atoms with Crippen LogP contribution < -0.4 is 10.4 Å². The fourth-order valence-corrected chi connectivity index (χ4v) is 4.58. The number of pyridine rings is 1. The summed E-state index contributed by atoms with van der Waals surface area (Å²) in [5.74, 6) is -0.274. The van der Waals surface area contributed by atoms with Crippen molar-refractivity contribution in [2.45, 2.75) is 70.7 Å². The van der Waals surface area contributed by atoms with Crippen molar-refractivity contribution >= 4 is 23.9 Å². The maximum absolute atomic E-state index is 12.0. The Morgan fingerprint density at radius 1 is 1.26 bits per heavy atom. The van der Waals surface area contributed by atoms with E-state index in [0.717, 1.165) is 41.0 Å². The van der Waals surface area contributed by atoms with Crippen LogP contribution in [0.3, 0.4) is 0 Å². The Labute approximate surface area is 182 Å². The number of Topliss-reactive ketones (excluding diaryl/α,β-unsaturated/α-hetero) is 1. The van der Waals surface area contributed by atoms with E-state index in [1.54, 1.807) is 6.08 Å². The number of esters is 1. The summed E-state index contributed by atoms with van der Waals surface area (Å²) in [5.41, 5.74) is 3.07. The summed E-state index contributed by atoms with van der Waals surface area (Å²) < 4.78 is 12.0. The topological polar surface area (TPSA) is 65.5 Å². The number of carbonyl (C=O) groups excluding carboxylic acids is 2. The minimum absolute atomic E-state index is 0.0629. The molecule has 2 aliphatic carbocycles. The molecule has 0 fully saturated rings. The van der Waals surface area contributed by atoms with Gasteiger partial charge in [0.15, 0.2) is 5.78 Å². The fraction of sp³-hybridized carbons (Fsp3) is 0.423. The second kappa shape index (κ2) is 9.56. The quantitative estimate of drug-likeness (QED) is 0.646. The molecule has 0 amide bonds. The molecule has 0 N–H and O–H groups in total. The van der Waals surface area contributed by atoms with Gasteiger partial charge in [-0.3, -0.25) is 14.6 Å². The third-order valence-electron chi connectivity index (χ3n) is 5.97. The van der Waals surface area contributed by atoms with Gasteiger partial charge in [0.05, 0.1) is 17.9 Å². The number of aryl methyl sites for hydroxylation is 1. The number of hydrogen-bond donors (Lipinski definition) is 0. The van der Waals surface area contributed by atoms with Gasteiger partial charge in [-0.05, 0) is 48.3 Å². The van der Waals surface area contributed by atoms with Gasteiger partial charge in [0.2, 0.25) is 0 Å². The van der Waals surface area contributed by atoms with Crippen LogP contribution in [0.4, 0.5) is 0 Å². The number of ketones is 1. The molecular formula is C26H29NO4. The van der Waals surface area contributed by atoms with Crippen molar-refractivity contribution in [2.24, 2.45) is 0 Å². The number of rotatable bonds is 7. The van der Waals surface area contributed by atoms with Gasteiger partial charge in [-0.15, -0.1) is 0 Å². The van der Waals surface area contributed by atoms with E-state index >= 15 is 0 Å². The van der Waals surface area contributed by atoms with Gasteiger partial charge in [-0.1, -0.05) is 36.4 Å². The second-order valence-corrected chi connectivity index (χ2v) is 8.49. The van der Waals surface area contributed by atoms with Gasteiger partial charge in [-0.2, -0.15) is 0 Å². The summed E-state index contributed by atoms with van der Waals surface area (Å²) >= 11 is 0. The predicted octanol–water partition coefficient (Wildman–Crippen LogP) is 2.96. The lowest BCUT2D eigenvalue weighted by molar-refractivity contribution is -0.150. The summed E-state index contributed by atoms with van der Waals surface area (Å²) in [6.07, 6.45) is 9.64. The number of carbonyl (C=O) groups is 2. The van der Waals surface area contributed by atoms with Gasteiger partial charge in [0.25, 0.3) is 0 Å². The van der Waals surface area contributed by atoms with Gasteiger partial charge in [-0.25, -0.2) is 0 Å². The lowest BCUT2D eigenvalue weighted by Crippen LogP contribution is -2.41. The number of nitrogens with zero attached hydrogens (tertiary/aromatic N) is 1. The van der Waals surface area contributed by atoms with Gasteiger partial charge in [0, 0.05) is 37.9 Å². The lowest BCUT2D eigenvalue weighted by Gasteiger charge is -2.32. The summed E-state index contributed by atoms with van der Waals surface area (Å²) in [5, 5.41) is 1.78. The Balaban J connectivity index is 1.47. The molecule has 0 saturated carbocycles. The first kappa shape index (κ1) is 21.4. The molecule has 0 spiro atoms. The number of ether oxygens (including phenoxy) is 2. The van der Waals surface area contributed by atoms with Crippen molar-refractivity contribution in [1.29, 1.82) is 0 Å². The molecule has 2 aromatic rings. The van der Waals surface area contributed by atoms with E-state index in [2.05, 4.69) is 36.2 Å². The zero-order valence-corrected chi connectivity index (χ0v) is 18.2. The first-order chi connectivity index (χ1) is 15.0. The smallest absolute Gasteiger partial charge is 0.303 e. The van der Waals surface area contributed by atoms with Crippen LogP contribution in [-0.4, -0.2) is 28.9 Å². The van der Waals surface area contributed by atoms with E-state index in [4.69, 9.17) is 9.47 Å². The van der Waals surface area contributed by atoms with Crippen LogP contribution in [0.25, 0.3) is 12.2 Å². The maximum atomic E-state index is 12.0. The second-order valence-electron chi connectivity index (χ2n) is 8.49. The first-order valence-electron chi connectivity index (χ1n) is 11.1. The average molecular weight is 420 g/mol. The Morgan fingerprint density at radius 3 is 2.84 bits per heavy atom. The fourth-order valence-electron chi connectivity index (χ4n) is 4.58. The summed E-state index contributed by atoms with van der Waals surface area (Å²) in [7, 11) is 0. The van der Waals surface area contributed by atoms with Crippen LogP contribution in [0.1, 0.15) is 62.5 Å². The standard InChI is InChI=1S/C26H29NO4/c1-17(7-6-10-19-8-4-3-5-9-19)30-22-14-24-26(25(15-22)31-18(2)28)23-13-21(29)12-11-20(23)16-27-24/h3-5,8-9,11,13,16-17,22,25H,6-7,10,12,14-15H2,1-2H3. The van der Waals surface area contributed by atoms with Crippen LogP contribution in [-0.2, 0) is 31.9 Å². The molecule has 0 bridgehead atoms. The van der Waals surface area contributed by atoms with Crippen molar-refractivity contribution in [1.82, 2.24) is 4.98 Å². The number of hydrogen-bond acceptors (Lipinski definition) is 5. The van der Waals surface area contributed by atoms with Crippen molar-refractivity contribution < 1.29 is 19.1 Å². The van der Waals surface area contributed by atoms with E-state index in [0.29, 0.717) is 19.3 Å². The molecule has 1 aromatic heterocycles. The largest absolute Gasteiger partial charge is 0.457 e. The molecule has 0 saturated heterocycles. The average Bonchev–Trinajstić information content (AvgIpc) is 2.73. The van der Waals surface area contributed by atoms with Crippen molar-refractivity contribution in [2.75, 3.05) is 0 Å². The molecule has 4 rings (SSSR count). The molecule has 3 atom stereocenters. The zero-order valence-electron chi connectivity index (χ0n) is 18.2.